The van der Waals surface area contributed by atoms with E-state index in [9.17, 15) is 4.79 Å². The first kappa shape index (κ1) is 11.4. The van der Waals surface area contributed by atoms with E-state index in [0.717, 1.165) is 39.5 Å². The van der Waals surface area contributed by atoms with Crippen LogP contribution >= 0.6 is 15.9 Å². The van der Waals surface area contributed by atoms with E-state index in [1.54, 1.807) is 6.07 Å². The Hall–Kier alpha value is -1.09. The van der Waals surface area contributed by atoms with E-state index in [1.165, 1.54) is 0 Å². The van der Waals surface area contributed by atoms with E-state index < -0.39 is 0 Å². The van der Waals surface area contributed by atoms with Gasteiger partial charge >= 0.3 is 0 Å². The van der Waals surface area contributed by atoms with E-state index in [1.807, 2.05) is 19.1 Å². The monoisotopic (exact) mass is 279 g/mol. The average molecular weight is 280 g/mol. The zero-order valence-corrected chi connectivity index (χ0v) is 11.0. The molecule has 16 heavy (non-hydrogen) atoms. The lowest BCUT2D eigenvalue weighted by Crippen LogP contribution is -2.05. The Bertz CT molecular complexity index is 586. The summed E-state index contributed by atoms with van der Waals surface area (Å²) in [6.07, 6.45) is 1.94. The maximum Gasteiger partial charge on any atom is 0.189 e. The molecule has 0 bridgehead atoms. The first-order valence-corrected chi connectivity index (χ1v) is 6.23. The molecule has 1 aromatic carbocycles. The van der Waals surface area contributed by atoms with Gasteiger partial charge in [0.2, 0.25) is 0 Å². The summed E-state index contributed by atoms with van der Waals surface area (Å²) in [7, 11) is 0. The van der Waals surface area contributed by atoms with Crippen LogP contribution in [-0.2, 0) is 6.42 Å². The molecule has 0 spiro atoms. The number of pyridine rings is 1. The molecule has 1 N–H and O–H groups in total. The number of H-pyrrole nitrogens is 1. The lowest BCUT2D eigenvalue weighted by molar-refractivity contribution is 0.888. The van der Waals surface area contributed by atoms with Crippen LogP contribution in [0.15, 0.2) is 27.5 Å². The van der Waals surface area contributed by atoms with E-state index in [0.29, 0.717) is 0 Å². The van der Waals surface area contributed by atoms with Crippen molar-refractivity contribution in [1.29, 1.82) is 0 Å². The van der Waals surface area contributed by atoms with Gasteiger partial charge in [0, 0.05) is 21.6 Å². The fourth-order valence-corrected chi connectivity index (χ4v) is 2.29. The number of halogens is 1. The summed E-state index contributed by atoms with van der Waals surface area (Å²) >= 11 is 3.53. The van der Waals surface area contributed by atoms with Gasteiger partial charge in [-0.2, -0.15) is 0 Å². The highest BCUT2D eigenvalue weighted by molar-refractivity contribution is 9.10. The number of hydrogen-bond donors (Lipinski definition) is 1. The highest BCUT2D eigenvalue weighted by Gasteiger charge is 2.06. The summed E-state index contributed by atoms with van der Waals surface area (Å²) in [5.74, 6) is 0. The van der Waals surface area contributed by atoms with Gasteiger partial charge in [0.05, 0.1) is 5.52 Å². The van der Waals surface area contributed by atoms with Gasteiger partial charge in [-0.1, -0.05) is 19.4 Å². The molecule has 0 fully saturated rings. The Morgan fingerprint density at radius 3 is 2.81 bits per heavy atom. The van der Waals surface area contributed by atoms with Gasteiger partial charge < -0.3 is 4.98 Å². The number of benzene rings is 1. The van der Waals surface area contributed by atoms with Gasteiger partial charge in [0.25, 0.3) is 0 Å². The largest absolute Gasteiger partial charge is 0.357 e. The number of rotatable bonds is 2. The van der Waals surface area contributed by atoms with Crippen molar-refractivity contribution in [2.45, 2.75) is 26.7 Å². The number of fused-ring (bicyclic) bond motifs is 1. The highest BCUT2D eigenvalue weighted by Crippen LogP contribution is 2.24. The number of nitrogens with one attached hydrogen (secondary N) is 1. The molecule has 1 heterocycles. The second-order valence-corrected chi connectivity index (χ2v) is 4.82. The number of aromatic amines is 1. The molecular weight excluding hydrogens is 266 g/mol. The lowest BCUT2D eigenvalue weighted by Gasteiger charge is -2.06. The first-order chi connectivity index (χ1) is 7.63. The Labute approximate surface area is 103 Å². The van der Waals surface area contributed by atoms with Crippen molar-refractivity contribution in [2.75, 3.05) is 0 Å². The second-order valence-electron chi connectivity index (χ2n) is 4.03. The predicted molar refractivity (Wildman–Crippen MR) is 71.0 cm³/mol. The third kappa shape index (κ3) is 1.92. The quantitative estimate of drug-likeness (QED) is 0.896. The molecule has 1 aromatic heterocycles. The minimum atomic E-state index is 0.0953. The fraction of sp³-hybridized carbons (Fsp3) is 0.308. The highest BCUT2D eigenvalue weighted by atomic mass is 79.9. The zero-order valence-electron chi connectivity index (χ0n) is 9.43. The van der Waals surface area contributed by atoms with Crippen molar-refractivity contribution in [3.63, 3.8) is 0 Å². The number of aryl methyl sites for hydroxylation is 2. The summed E-state index contributed by atoms with van der Waals surface area (Å²) in [5, 5.41) is 0.748. The molecule has 3 heteroatoms. The zero-order chi connectivity index (χ0) is 11.7. The Kier molecular flexibility index (Phi) is 3.15. The maximum atomic E-state index is 11.9. The molecule has 0 amide bonds. The van der Waals surface area contributed by atoms with Gasteiger partial charge in [-0.25, -0.2) is 0 Å². The second kappa shape index (κ2) is 4.42. The van der Waals surface area contributed by atoms with Crippen molar-refractivity contribution < 1.29 is 0 Å². The summed E-state index contributed by atoms with van der Waals surface area (Å²) in [4.78, 5) is 15.2. The molecule has 0 unspecified atom stereocenters. The SMILES string of the molecule is CCCc1cc(=O)c2ccc(C)c(Br)c2[nH]1. The van der Waals surface area contributed by atoms with Gasteiger partial charge in [-0.3, -0.25) is 4.79 Å². The smallest absolute Gasteiger partial charge is 0.189 e. The fourth-order valence-electron chi connectivity index (χ4n) is 1.84. The lowest BCUT2D eigenvalue weighted by atomic mass is 10.1. The normalized spacial score (nSPS) is 10.9. The van der Waals surface area contributed by atoms with Crippen LogP contribution in [0.3, 0.4) is 0 Å². The van der Waals surface area contributed by atoms with Crippen LogP contribution < -0.4 is 5.43 Å². The summed E-state index contributed by atoms with van der Waals surface area (Å²) in [6, 6.07) is 5.54. The molecule has 0 radical (unpaired) electrons. The summed E-state index contributed by atoms with van der Waals surface area (Å²) < 4.78 is 0.986. The van der Waals surface area contributed by atoms with E-state index in [4.69, 9.17) is 0 Å². The minimum Gasteiger partial charge on any atom is -0.357 e. The molecular formula is C13H14BrNO. The summed E-state index contributed by atoms with van der Waals surface area (Å²) in [6.45, 7) is 4.13. The van der Waals surface area contributed by atoms with Crippen LogP contribution in [-0.4, -0.2) is 4.98 Å². The van der Waals surface area contributed by atoms with E-state index in [-0.39, 0.29) is 5.43 Å². The molecule has 2 rings (SSSR count). The molecule has 0 saturated heterocycles. The van der Waals surface area contributed by atoms with Gasteiger partial charge in [0.1, 0.15) is 0 Å². The Morgan fingerprint density at radius 1 is 1.38 bits per heavy atom. The van der Waals surface area contributed by atoms with Crippen molar-refractivity contribution in [3.8, 4) is 0 Å². The standard InChI is InChI=1S/C13H14BrNO/c1-3-4-9-7-11(16)10-6-5-8(2)12(14)13(10)15-9/h5-7H,3-4H2,1-2H3,(H,15,16). The predicted octanol–water partition coefficient (Wildman–Crippen LogP) is 3.55. The van der Waals surface area contributed by atoms with Crippen LogP contribution in [0.25, 0.3) is 10.9 Å². The number of hydrogen-bond acceptors (Lipinski definition) is 1. The molecule has 0 aliphatic carbocycles. The van der Waals surface area contributed by atoms with Crippen LogP contribution in [0.1, 0.15) is 24.6 Å². The van der Waals surface area contributed by atoms with Crippen LogP contribution in [0.5, 0.6) is 0 Å². The third-order valence-electron chi connectivity index (χ3n) is 2.71. The van der Waals surface area contributed by atoms with Crippen molar-refractivity contribution in [3.05, 3.63) is 44.2 Å². The van der Waals surface area contributed by atoms with E-state index in [2.05, 4.69) is 27.8 Å². The molecule has 2 aromatic rings. The van der Waals surface area contributed by atoms with Gasteiger partial charge in [0.15, 0.2) is 5.43 Å². The number of aromatic nitrogens is 1. The average Bonchev–Trinajstić information content (AvgIpc) is 2.25. The van der Waals surface area contributed by atoms with Gasteiger partial charge in [-0.05, 0) is 40.9 Å². The molecule has 84 valence electrons. The molecule has 0 atom stereocenters. The van der Waals surface area contributed by atoms with Crippen molar-refractivity contribution >= 4 is 26.8 Å². The molecule has 2 nitrogen and oxygen atoms in total. The van der Waals surface area contributed by atoms with Crippen LogP contribution in [0.2, 0.25) is 0 Å². The topological polar surface area (TPSA) is 32.9 Å². The third-order valence-corrected chi connectivity index (χ3v) is 3.73. The Balaban J connectivity index is 2.78. The Morgan fingerprint density at radius 2 is 2.12 bits per heavy atom. The van der Waals surface area contributed by atoms with Crippen LogP contribution in [0, 0.1) is 6.92 Å². The summed E-state index contributed by atoms with van der Waals surface area (Å²) in [5.41, 5.74) is 3.15. The van der Waals surface area contributed by atoms with Crippen LogP contribution in [0.4, 0.5) is 0 Å². The minimum absolute atomic E-state index is 0.0953. The molecule has 0 aliphatic rings. The van der Waals surface area contributed by atoms with E-state index >= 15 is 0 Å². The molecule has 0 saturated carbocycles. The first-order valence-electron chi connectivity index (χ1n) is 5.44. The van der Waals surface area contributed by atoms with Gasteiger partial charge in [-0.15, -0.1) is 0 Å². The molecule has 0 aliphatic heterocycles. The maximum absolute atomic E-state index is 11.9. The van der Waals surface area contributed by atoms with Crippen molar-refractivity contribution in [1.82, 2.24) is 4.98 Å². The van der Waals surface area contributed by atoms with Crippen molar-refractivity contribution in [2.24, 2.45) is 0 Å².